The number of hydrogen-bond acceptors (Lipinski definition) is 10. The Hall–Kier alpha value is -4.90. The van der Waals surface area contributed by atoms with Gasteiger partial charge in [0.25, 0.3) is 11.1 Å². The van der Waals surface area contributed by atoms with E-state index in [9.17, 15) is 39.0 Å². The van der Waals surface area contributed by atoms with E-state index in [0.29, 0.717) is 89.4 Å². The van der Waals surface area contributed by atoms with Gasteiger partial charge in [0.15, 0.2) is 0 Å². The number of rotatable bonds is 10. The molecule has 0 bridgehead atoms. The highest BCUT2D eigenvalue weighted by Gasteiger charge is 2.59. The third kappa shape index (κ3) is 8.10. The summed E-state index contributed by atoms with van der Waals surface area (Å²) >= 11 is 0. The fraction of sp³-hybridized carbons (Fsp3) is 0.609. The minimum atomic E-state index is -0.741. The van der Waals surface area contributed by atoms with Crippen molar-refractivity contribution >= 4 is 35.8 Å². The van der Waals surface area contributed by atoms with Gasteiger partial charge >= 0.3 is 0 Å². The molecule has 6 aliphatic rings. The van der Waals surface area contributed by atoms with Crippen molar-refractivity contribution in [1.82, 2.24) is 29.6 Å². The van der Waals surface area contributed by atoms with Gasteiger partial charge in [-0.05, 0) is 77.6 Å². The molecule has 8 rings (SSSR count). The molecule has 16 heteroatoms. The zero-order chi connectivity index (χ0) is 44.2. The van der Waals surface area contributed by atoms with Crippen LogP contribution in [0.3, 0.4) is 0 Å². The van der Waals surface area contributed by atoms with E-state index in [1.165, 1.54) is 0 Å². The quantitative estimate of drug-likeness (QED) is 0.274. The summed E-state index contributed by atoms with van der Waals surface area (Å²) < 4.78 is 14.3. The molecule has 0 saturated carbocycles. The van der Waals surface area contributed by atoms with Crippen molar-refractivity contribution < 1.29 is 38.9 Å². The molecule has 0 unspecified atom stereocenters. The average Bonchev–Trinajstić information content (AvgIpc) is 4.03. The molecule has 2 aromatic heterocycles. The summed E-state index contributed by atoms with van der Waals surface area (Å²) in [5.41, 5.74) is 2.47. The number of nitrogens with zero attached hydrogens (tertiary/aromatic N) is 4. The summed E-state index contributed by atoms with van der Waals surface area (Å²) in [7, 11) is 0. The number of ether oxygens (including phenoxy) is 2. The van der Waals surface area contributed by atoms with Crippen LogP contribution in [-0.2, 0) is 41.7 Å². The Balaban J connectivity index is 0.000000186. The lowest BCUT2D eigenvalue weighted by molar-refractivity contribution is -0.147. The largest absolute Gasteiger partial charge is 0.396 e. The standard InChI is InChI=1S/2C23H31N3O5/c2*1-3-5-14-6-7-18-19-16(12-25(18)22(14)29)17(13-27)20(21(28)24-4-2)26(19)23(30)15-8-10-31-11-9-15/h2*3,5-7,15-17,19-20,27H,4,8-13H2,1-2H3,(H,24,28)/b5-3+;5-3-/t2*16-,17-,19+,20-/m00/s1. The number of aliphatic hydroxyl groups is 2. The maximum absolute atomic E-state index is 13.7. The maximum atomic E-state index is 13.7. The number of likely N-dealkylation sites (tertiary alicyclic amines) is 2. The molecule has 0 spiro atoms. The van der Waals surface area contributed by atoms with Gasteiger partial charge < -0.3 is 49.3 Å². The number of fused-ring (bicyclic) bond motifs is 6. The predicted molar refractivity (Wildman–Crippen MR) is 230 cm³/mol. The van der Waals surface area contributed by atoms with Gasteiger partial charge in [-0.15, -0.1) is 0 Å². The number of likely N-dealkylation sites (N-methyl/N-ethyl adjacent to an activating group) is 2. The van der Waals surface area contributed by atoms with E-state index in [4.69, 9.17) is 9.47 Å². The van der Waals surface area contributed by atoms with Crippen molar-refractivity contribution in [3.05, 3.63) is 79.6 Å². The minimum absolute atomic E-state index is 0.0797. The van der Waals surface area contributed by atoms with Crippen LogP contribution in [0.4, 0.5) is 0 Å². The van der Waals surface area contributed by atoms with Crippen LogP contribution in [-0.4, -0.2) is 118 Å². The first-order chi connectivity index (χ1) is 30.1. The highest BCUT2D eigenvalue weighted by Crippen LogP contribution is 2.51. The highest BCUT2D eigenvalue weighted by molar-refractivity contribution is 5.91. The number of carbonyl (C=O) groups is 4. The van der Waals surface area contributed by atoms with E-state index in [1.807, 2.05) is 52.0 Å². The van der Waals surface area contributed by atoms with E-state index >= 15 is 0 Å². The Morgan fingerprint density at radius 3 is 1.34 bits per heavy atom. The molecule has 0 aliphatic carbocycles. The summed E-state index contributed by atoms with van der Waals surface area (Å²) in [5, 5.41) is 26.2. The lowest BCUT2D eigenvalue weighted by Gasteiger charge is -2.34. The predicted octanol–water partition coefficient (Wildman–Crippen LogP) is 1.87. The van der Waals surface area contributed by atoms with Crippen LogP contribution in [0, 0.1) is 35.5 Å². The fourth-order valence-corrected chi connectivity index (χ4v) is 11.0. The Morgan fingerprint density at radius 2 is 1.02 bits per heavy atom. The number of aromatic nitrogens is 2. The Morgan fingerprint density at radius 1 is 0.645 bits per heavy atom. The number of pyridine rings is 2. The van der Waals surface area contributed by atoms with Crippen LogP contribution in [0.5, 0.6) is 0 Å². The van der Waals surface area contributed by atoms with Crippen molar-refractivity contribution in [3.8, 4) is 0 Å². The summed E-state index contributed by atoms with van der Waals surface area (Å²) in [6, 6.07) is 5.06. The topological polar surface area (TPSA) is 202 Å². The molecule has 16 nitrogen and oxygen atoms in total. The van der Waals surface area contributed by atoms with Gasteiger partial charge in [-0.3, -0.25) is 28.8 Å². The molecule has 2 aromatic rings. The maximum Gasteiger partial charge on any atom is 0.258 e. The summed E-state index contributed by atoms with van der Waals surface area (Å²) in [5.74, 6) is -2.29. The normalized spacial score (nSPS) is 28.0. The van der Waals surface area contributed by atoms with Crippen LogP contribution in [0.25, 0.3) is 12.2 Å². The molecule has 0 aromatic carbocycles. The molecular formula is C46H62N6O10. The first-order valence-electron chi connectivity index (χ1n) is 22.4. The molecule has 4 fully saturated rings. The van der Waals surface area contributed by atoms with Gasteiger partial charge in [0.05, 0.1) is 12.1 Å². The molecule has 6 aliphatic heterocycles. The summed E-state index contributed by atoms with van der Waals surface area (Å²) in [4.78, 5) is 82.9. The summed E-state index contributed by atoms with van der Waals surface area (Å²) in [6.45, 7) is 10.7. The fourth-order valence-electron chi connectivity index (χ4n) is 11.0. The smallest absolute Gasteiger partial charge is 0.258 e. The molecule has 62 heavy (non-hydrogen) atoms. The molecule has 0 radical (unpaired) electrons. The molecular weight excluding hydrogens is 797 g/mol. The number of amides is 4. The monoisotopic (exact) mass is 858 g/mol. The van der Waals surface area contributed by atoms with Crippen molar-refractivity contribution in [2.45, 2.75) is 90.6 Å². The Labute approximate surface area is 361 Å². The number of carbonyl (C=O) groups excluding carboxylic acids is 4. The molecule has 4 saturated heterocycles. The van der Waals surface area contributed by atoms with E-state index in [-0.39, 0.29) is 71.6 Å². The van der Waals surface area contributed by atoms with E-state index in [1.54, 1.807) is 43.2 Å². The van der Waals surface area contributed by atoms with E-state index < -0.39 is 36.0 Å². The highest BCUT2D eigenvalue weighted by atomic mass is 16.5. The third-order valence-corrected chi connectivity index (χ3v) is 13.8. The van der Waals surface area contributed by atoms with Crippen LogP contribution in [0.1, 0.15) is 88.0 Å². The molecule has 336 valence electrons. The average molecular weight is 859 g/mol. The van der Waals surface area contributed by atoms with Gasteiger partial charge in [0.1, 0.15) is 12.1 Å². The second-order valence-corrected chi connectivity index (χ2v) is 17.1. The second kappa shape index (κ2) is 19.7. The first-order valence-corrected chi connectivity index (χ1v) is 22.4. The van der Waals surface area contributed by atoms with Crippen molar-refractivity contribution in [2.24, 2.45) is 35.5 Å². The van der Waals surface area contributed by atoms with Crippen molar-refractivity contribution in [3.63, 3.8) is 0 Å². The van der Waals surface area contributed by atoms with Gasteiger partial charge in [0, 0.05) is 124 Å². The van der Waals surface area contributed by atoms with Gasteiger partial charge in [-0.1, -0.05) is 24.3 Å². The molecule has 8 atom stereocenters. The Kier molecular flexibility index (Phi) is 14.3. The van der Waals surface area contributed by atoms with Crippen LogP contribution in [0.2, 0.25) is 0 Å². The second-order valence-electron chi connectivity index (χ2n) is 17.1. The van der Waals surface area contributed by atoms with Crippen molar-refractivity contribution in [1.29, 1.82) is 0 Å². The molecule has 4 N–H and O–H groups in total. The summed E-state index contributed by atoms with van der Waals surface area (Å²) in [6.07, 6.45) is 9.66. The molecule has 8 heterocycles. The van der Waals surface area contributed by atoms with Crippen LogP contribution < -0.4 is 21.8 Å². The van der Waals surface area contributed by atoms with Gasteiger partial charge in [0.2, 0.25) is 23.6 Å². The minimum Gasteiger partial charge on any atom is -0.396 e. The molecule has 4 amide bonds. The third-order valence-electron chi connectivity index (χ3n) is 13.8. The number of aliphatic hydroxyl groups excluding tert-OH is 2. The van der Waals surface area contributed by atoms with Crippen molar-refractivity contribution in [2.75, 3.05) is 52.7 Å². The number of allylic oxidation sites excluding steroid dienone is 2. The zero-order valence-corrected chi connectivity index (χ0v) is 36.2. The first kappa shape index (κ1) is 45.1. The lowest BCUT2D eigenvalue weighted by Crippen LogP contribution is -2.52. The Bertz CT molecular complexity index is 2020. The number of hydrogen-bond donors (Lipinski definition) is 4. The number of nitrogens with one attached hydrogen (secondary N) is 2. The van der Waals surface area contributed by atoms with Gasteiger partial charge in [-0.2, -0.15) is 0 Å². The zero-order valence-electron chi connectivity index (χ0n) is 36.2. The van der Waals surface area contributed by atoms with Crippen LogP contribution in [0.15, 0.2) is 46.0 Å². The van der Waals surface area contributed by atoms with Gasteiger partial charge in [-0.25, -0.2) is 0 Å². The SMILES string of the molecule is C/C=C/c1ccc2n(c1=O)C[C@H]1[C@H](CO)[C@@H](C(=O)NCC)N(C(=O)C3CCOCC3)[C@@H]21.C/C=C\c1ccc2n(c1=O)C[C@H]1[C@H](CO)[C@@H](C(=O)NCC)N(C(=O)C3CCOCC3)[C@@H]21. The van der Waals surface area contributed by atoms with E-state index in [0.717, 1.165) is 11.4 Å². The van der Waals surface area contributed by atoms with Crippen LogP contribution >= 0.6 is 0 Å². The lowest BCUT2D eigenvalue weighted by atomic mass is 9.88. The van der Waals surface area contributed by atoms with E-state index in [2.05, 4.69) is 10.6 Å².